The molecule has 0 amide bonds. The van der Waals surface area contributed by atoms with Gasteiger partial charge in [-0.15, -0.1) is 0 Å². The molecule has 0 radical (unpaired) electrons. The van der Waals surface area contributed by atoms with Gasteiger partial charge in [0.25, 0.3) is 0 Å². The van der Waals surface area contributed by atoms with E-state index in [1.807, 2.05) is 12.1 Å². The Morgan fingerprint density at radius 1 is 0.947 bits per heavy atom. The van der Waals surface area contributed by atoms with Gasteiger partial charge < -0.3 is 14.8 Å². The monoisotopic (exact) mass is 264 g/mol. The molecule has 0 spiro atoms. The Morgan fingerprint density at radius 3 is 2.21 bits per heavy atom. The van der Waals surface area contributed by atoms with Crippen molar-refractivity contribution < 1.29 is 14.8 Å². The Labute approximate surface area is 116 Å². The summed E-state index contributed by atoms with van der Waals surface area (Å²) in [5, 5.41) is 17.9. The molecule has 0 fully saturated rings. The fourth-order valence-corrected chi connectivity index (χ4v) is 1.96. The Balaban J connectivity index is 2.06. The second-order valence-corrected chi connectivity index (χ2v) is 4.94. The maximum absolute atomic E-state index is 8.97. The van der Waals surface area contributed by atoms with Gasteiger partial charge in [-0.2, -0.15) is 0 Å². The summed E-state index contributed by atoms with van der Waals surface area (Å²) < 4.78 is 5.60. The number of ether oxygens (including phenoxy) is 1. The summed E-state index contributed by atoms with van der Waals surface area (Å²) in [6.07, 6.45) is 7.63. The van der Waals surface area contributed by atoms with Crippen LogP contribution in [0.2, 0.25) is 0 Å². The number of benzene rings is 1. The van der Waals surface area contributed by atoms with Crippen LogP contribution in [0.15, 0.2) is 24.3 Å². The Hall–Kier alpha value is -0.835. The predicted octanol–water partition coefficient (Wildman–Crippen LogP) is 2.24. The molecule has 2 N–H and O–H groups in total. The van der Waals surface area contributed by atoms with Gasteiger partial charge in [-0.1, -0.05) is 63.3 Å². The summed E-state index contributed by atoms with van der Waals surface area (Å²) in [5.74, 6) is 0. The van der Waals surface area contributed by atoms with Crippen molar-refractivity contribution in [2.75, 3.05) is 6.61 Å². The van der Waals surface area contributed by atoms with E-state index in [-0.39, 0.29) is 0 Å². The van der Waals surface area contributed by atoms with E-state index >= 15 is 0 Å². The first-order chi connectivity index (χ1) is 9.24. The van der Waals surface area contributed by atoms with Crippen LogP contribution in [0.3, 0.4) is 0 Å². The van der Waals surface area contributed by atoms with E-state index in [0.29, 0.717) is 12.1 Å². The molecule has 0 heterocycles. The fraction of sp³-hybridized carbons (Fsp3) is 0.600. The van der Waals surface area contributed by atoms with Crippen LogP contribution in [-0.2, 0) is 11.3 Å². The summed E-state index contributed by atoms with van der Waals surface area (Å²) in [6.45, 7) is 3.62. The third-order valence-electron chi connectivity index (χ3n) is 3.19. The average molecular weight is 264 g/mol. The Morgan fingerprint density at radius 2 is 1.58 bits per heavy atom. The van der Waals surface area contributed by atoms with E-state index in [9.17, 15) is 0 Å². The van der Waals surface area contributed by atoms with Gasteiger partial charge in [0.15, 0.2) is 0 Å². The first kappa shape index (κ1) is 16.2. The molecule has 0 atom stereocenters. The molecule has 19 heavy (non-hydrogen) atoms. The van der Waals surface area contributed by atoms with Gasteiger partial charge in [0, 0.05) is 6.61 Å². The van der Waals surface area contributed by atoms with Gasteiger partial charge in [0.1, 0.15) is 0 Å². The largest absolute Gasteiger partial charge is 0.488 e. The molecule has 3 nitrogen and oxygen atoms in total. The lowest BCUT2D eigenvalue weighted by molar-refractivity contribution is 0.116. The first-order valence-electron chi connectivity index (χ1n) is 7.26. The van der Waals surface area contributed by atoms with Crippen LogP contribution in [-0.4, -0.2) is 23.8 Å². The zero-order valence-electron chi connectivity index (χ0n) is 11.8. The summed E-state index contributed by atoms with van der Waals surface area (Å²) in [6, 6.07) is 7.17. The van der Waals surface area contributed by atoms with Gasteiger partial charge >= 0.3 is 7.12 Å². The van der Waals surface area contributed by atoms with Crippen LogP contribution in [0.25, 0.3) is 0 Å². The molecule has 0 aliphatic heterocycles. The van der Waals surface area contributed by atoms with Crippen LogP contribution in [0.5, 0.6) is 0 Å². The molecule has 106 valence electrons. The maximum Gasteiger partial charge on any atom is 0.488 e. The van der Waals surface area contributed by atoms with E-state index in [4.69, 9.17) is 14.8 Å². The van der Waals surface area contributed by atoms with Gasteiger partial charge in [0.2, 0.25) is 0 Å². The number of unbranched alkanes of at least 4 members (excludes halogenated alkanes) is 5. The van der Waals surface area contributed by atoms with Crippen LogP contribution in [0.1, 0.15) is 51.0 Å². The molecule has 0 aliphatic carbocycles. The minimum Gasteiger partial charge on any atom is -0.423 e. The molecule has 0 saturated heterocycles. The fourth-order valence-electron chi connectivity index (χ4n) is 1.96. The minimum absolute atomic E-state index is 0.514. The second kappa shape index (κ2) is 10.0. The van der Waals surface area contributed by atoms with Crippen LogP contribution in [0.4, 0.5) is 0 Å². The highest BCUT2D eigenvalue weighted by atomic mass is 16.5. The highest BCUT2D eigenvalue weighted by Gasteiger charge is 2.09. The lowest BCUT2D eigenvalue weighted by Gasteiger charge is -2.06. The predicted molar refractivity (Wildman–Crippen MR) is 79.3 cm³/mol. The standard InChI is InChI=1S/C15H25BO3/c1-2-3-4-5-6-7-12-19-13-14-8-10-15(11-9-14)16(17)18/h8-11,17-18H,2-7,12-13H2,1H3. The number of hydrogen-bond acceptors (Lipinski definition) is 3. The van der Waals surface area contributed by atoms with Gasteiger partial charge in [-0.25, -0.2) is 0 Å². The summed E-state index contributed by atoms with van der Waals surface area (Å²) in [5.41, 5.74) is 1.58. The highest BCUT2D eigenvalue weighted by Crippen LogP contribution is 2.06. The minimum atomic E-state index is -1.39. The van der Waals surface area contributed by atoms with Crippen molar-refractivity contribution in [3.63, 3.8) is 0 Å². The maximum atomic E-state index is 8.97. The molecular weight excluding hydrogens is 239 g/mol. The zero-order valence-corrected chi connectivity index (χ0v) is 11.8. The number of rotatable bonds is 10. The topological polar surface area (TPSA) is 49.7 Å². The van der Waals surface area contributed by atoms with Crippen molar-refractivity contribution in [2.45, 2.75) is 52.1 Å². The number of hydrogen-bond donors (Lipinski definition) is 2. The van der Waals surface area contributed by atoms with Crippen molar-refractivity contribution >= 4 is 12.6 Å². The molecule has 0 saturated carbocycles. The molecule has 4 heteroatoms. The average Bonchev–Trinajstić information content (AvgIpc) is 2.42. The van der Waals surface area contributed by atoms with Crippen molar-refractivity contribution in [3.05, 3.63) is 29.8 Å². The summed E-state index contributed by atoms with van der Waals surface area (Å²) in [7, 11) is -1.39. The van der Waals surface area contributed by atoms with E-state index in [1.165, 1.54) is 32.1 Å². The normalized spacial score (nSPS) is 10.7. The second-order valence-electron chi connectivity index (χ2n) is 4.94. The van der Waals surface area contributed by atoms with Gasteiger partial charge in [-0.3, -0.25) is 0 Å². The molecule has 1 rings (SSSR count). The van der Waals surface area contributed by atoms with E-state index in [0.717, 1.165) is 18.6 Å². The zero-order chi connectivity index (χ0) is 13.9. The van der Waals surface area contributed by atoms with Crippen molar-refractivity contribution in [1.29, 1.82) is 0 Å². The quantitative estimate of drug-likeness (QED) is 0.503. The van der Waals surface area contributed by atoms with Crippen molar-refractivity contribution in [1.82, 2.24) is 0 Å². The third kappa shape index (κ3) is 7.36. The van der Waals surface area contributed by atoms with Gasteiger partial charge in [0.05, 0.1) is 6.61 Å². The highest BCUT2D eigenvalue weighted by molar-refractivity contribution is 6.58. The Bertz CT molecular complexity index is 325. The summed E-state index contributed by atoms with van der Waals surface area (Å²) in [4.78, 5) is 0. The van der Waals surface area contributed by atoms with Crippen LogP contribution < -0.4 is 5.46 Å². The third-order valence-corrected chi connectivity index (χ3v) is 3.19. The molecule has 1 aromatic carbocycles. The Kier molecular flexibility index (Phi) is 8.55. The molecule has 1 aromatic rings. The smallest absolute Gasteiger partial charge is 0.423 e. The molecule has 0 aliphatic rings. The van der Waals surface area contributed by atoms with E-state index in [1.54, 1.807) is 12.1 Å². The molecule has 0 aromatic heterocycles. The molecule has 0 unspecified atom stereocenters. The van der Waals surface area contributed by atoms with Gasteiger partial charge in [-0.05, 0) is 17.4 Å². The lowest BCUT2D eigenvalue weighted by Crippen LogP contribution is -2.29. The van der Waals surface area contributed by atoms with Crippen molar-refractivity contribution in [3.8, 4) is 0 Å². The van der Waals surface area contributed by atoms with Crippen LogP contribution >= 0.6 is 0 Å². The van der Waals surface area contributed by atoms with E-state index in [2.05, 4.69) is 6.92 Å². The SMILES string of the molecule is CCCCCCCCOCc1ccc(B(O)O)cc1. The lowest BCUT2D eigenvalue weighted by atomic mass is 9.80. The molecular formula is C15H25BO3. The first-order valence-corrected chi connectivity index (χ1v) is 7.26. The van der Waals surface area contributed by atoms with Crippen LogP contribution in [0, 0.1) is 0 Å². The van der Waals surface area contributed by atoms with E-state index < -0.39 is 7.12 Å². The van der Waals surface area contributed by atoms with Crippen molar-refractivity contribution in [2.24, 2.45) is 0 Å². The summed E-state index contributed by atoms with van der Waals surface area (Å²) >= 11 is 0. The molecule has 0 bridgehead atoms.